The molecule has 1 aliphatic rings. The molecule has 1 atom stereocenters. The number of thiocarbonyl (C=S) groups is 1. The molecule has 2 N–H and O–H groups in total. The third kappa shape index (κ3) is 4.83. The lowest BCUT2D eigenvalue weighted by Gasteiger charge is -2.28. The molecular formula is C23H25N3O2S. The van der Waals surface area contributed by atoms with Crippen LogP contribution < -0.4 is 10.9 Å². The average molecular weight is 408 g/mol. The predicted molar refractivity (Wildman–Crippen MR) is 121 cm³/mol. The number of pyridine rings is 1. The van der Waals surface area contributed by atoms with E-state index in [0.29, 0.717) is 23.8 Å². The largest absolute Gasteiger partial charge is 0.376 e. The van der Waals surface area contributed by atoms with Gasteiger partial charge in [0.15, 0.2) is 5.11 Å². The van der Waals surface area contributed by atoms with Gasteiger partial charge in [0, 0.05) is 29.9 Å². The summed E-state index contributed by atoms with van der Waals surface area (Å²) >= 11 is 5.70. The zero-order chi connectivity index (χ0) is 20.2. The van der Waals surface area contributed by atoms with E-state index in [1.807, 2.05) is 60.4 Å². The molecule has 0 aliphatic carbocycles. The van der Waals surface area contributed by atoms with Crippen LogP contribution in [0.25, 0.3) is 10.9 Å². The van der Waals surface area contributed by atoms with Crippen LogP contribution in [0.15, 0.2) is 59.4 Å². The Bertz CT molecular complexity index is 1060. The lowest BCUT2D eigenvalue weighted by atomic mass is 10.1. The molecule has 4 rings (SSSR count). The summed E-state index contributed by atoms with van der Waals surface area (Å²) in [7, 11) is 0. The van der Waals surface area contributed by atoms with Crippen LogP contribution in [0.5, 0.6) is 0 Å². The number of H-pyrrole nitrogens is 1. The van der Waals surface area contributed by atoms with Gasteiger partial charge < -0.3 is 19.9 Å². The molecule has 5 nitrogen and oxygen atoms in total. The van der Waals surface area contributed by atoms with Crippen molar-refractivity contribution in [3.05, 3.63) is 76.1 Å². The van der Waals surface area contributed by atoms with E-state index in [1.54, 1.807) is 0 Å². The Morgan fingerprint density at radius 1 is 1.24 bits per heavy atom. The van der Waals surface area contributed by atoms with Gasteiger partial charge in [0.2, 0.25) is 0 Å². The number of aryl methyl sites for hydroxylation is 1. The van der Waals surface area contributed by atoms with Crippen molar-refractivity contribution < 1.29 is 4.74 Å². The minimum absolute atomic E-state index is 0.0822. The molecule has 0 amide bonds. The second kappa shape index (κ2) is 8.76. The van der Waals surface area contributed by atoms with Gasteiger partial charge in [0.05, 0.1) is 12.6 Å². The Morgan fingerprint density at radius 2 is 2.07 bits per heavy atom. The van der Waals surface area contributed by atoms with Gasteiger partial charge in [-0.2, -0.15) is 0 Å². The Balaban J connectivity index is 1.60. The number of benzene rings is 2. The van der Waals surface area contributed by atoms with Crippen molar-refractivity contribution in [3.63, 3.8) is 0 Å². The highest BCUT2D eigenvalue weighted by atomic mass is 32.1. The average Bonchev–Trinajstić information content (AvgIpc) is 3.22. The van der Waals surface area contributed by atoms with E-state index >= 15 is 0 Å². The number of ether oxygens (including phenoxy) is 1. The number of fused-ring (bicyclic) bond motifs is 1. The number of nitrogens with zero attached hydrogens (tertiary/aromatic N) is 1. The molecule has 0 bridgehead atoms. The number of hydrogen-bond donors (Lipinski definition) is 2. The van der Waals surface area contributed by atoms with E-state index in [0.717, 1.165) is 41.6 Å². The van der Waals surface area contributed by atoms with Gasteiger partial charge in [-0.05, 0) is 67.7 Å². The zero-order valence-electron chi connectivity index (χ0n) is 16.5. The number of aromatic nitrogens is 1. The number of rotatable bonds is 5. The summed E-state index contributed by atoms with van der Waals surface area (Å²) in [4.78, 5) is 17.7. The molecule has 0 saturated carbocycles. The second-order valence-electron chi connectivity index (χ2n) is 7.53. The van der Waals surface area contributed by atoms with E-state index in [-0.39, 0.29) is 11.7 Å². The van der Waals surface area contributed by atoms with Crippen LogP contribution in [-0.2, 0) is 11.3 Å². The minimum Gasteiger partial charge on any atom is -0.376 e. The summed E-state index contributed by atoms with van der Waals surface area (Å²) in [5.74, 6) is 0. The summed E-state index contributed by atoms with van der Waals surface area (Å²) in [6, 6.07) is 17.8. The first-order valence-electron chi connectivity index (χ1n) is 9.93. The molecule has 1 fully saturated rings. The molecule has 3 aromatic rings. The van der Waals surface area contributed by atoms with Gasteiger partial charge in [0.25, 0.3) is 5.56 Å². The number of aromatic amines is 1. The van der Waals surface area contributed by atoms with Crippen molar-refractivity contribution in [2.45, 2.75) is 32.4 Å². The van der Waals surface area contributed by atoms with Gasteiger partial charge in [-0.1, -0.05) is 29.8 Å². The first-order chi connectivity index (χ1) is 14.1. The maximum Gasteiger partial charge on any atom is 0.253 e. The normalized spacial score (nSPS) is 16.1. The van der Waals surface area contributed by atoms with Crippen LogP contribution in [0.2, 0.25) is 0 Å². The Hall–Kier alpha value is -2.70. The van der Waals surface area contributed by atoms with Crippen molar-refractivity contribution in [1.29, 1.82) is 0 Å². The van der Waals surface area contributed by atoms with Crippen LogP contribution in [-0.4, -0.2) is 34.3 Å². The lowest BCUT2D eigenvalue weighted by Crippen LogP contribution is -2.40. The quantitative estimate of drug-likeness (QED) is 0.621. The third-order valence-electron chi connectivity index (χ3n) is 5.20. The molecule has 6 heteroatoms. The van der Waals surface area contributed by atoms with Crippen LogP contribution in [0, 0.1) is 6.92 Å². The molecule has 0 unspecified atom stereocenters. The van der Waals surface area contributed by atoms with Gasteiger partial charge in [-0.15, -0.1) is 0 Å². The van der Waals surface area contributed by atoms with Crippen molar-refractivity contribution in [1.82, 2.24) is 9.88 Å². The molecule has 29 heavy (non-hydrogen) atoms. The highest BCUT2D eigenvalue weighted by Crippen LogP contribution is 2.18. The molecular weight excluding hydrogens is 382 g/mol. The first-order valence-corrected chi connectivity index (χ1v) is 10.3. The van der Waals surface area contributed by atoms with Crippen molar-refractivity contribution in [2.75, 3.05) is 18.5 Å². The van der Waals surface area contributed by atoms with E-state index < -0.39 is 0 Å². The topological polar surface area (TPSA) is 57.4 Å². The Kier molecular flexibility index (Phi) is 5.92. The van der Waals surface area contributed by atoms with E-state index in [1.165, 1.54) is 0 Å². The fourth-order valence-corrected chi connectivity index (χ4v) is 3.93. The maximum atomic E-state index is 12.7. The van der Waals surface area contributed by atoms with Crippen LogP contribution in [0.1, 0.15) is 24.0 Å². The second-order valence-corrected chi connectivity index (χ2v) is 7.91. The fourth-order valence-electron chi connectivity index (χ4n) is 3.67. The van der Waals surface area contributed by atoms with Crippen LogP contribution in [0.3, 0.4) is 0 Å². The summed E-state index contributed by atoms with van der Waals surface area (Å²) < 4.78 is 5.82. The molecule has 1 saturated heterocycles. The van der Waals surface area contributed by atoms with Gasteiger partial charge in [0.1, 0.15) is 0 Å². The monoisotopic (exact) mass is 407 g/mol. The first kappa shape index (κ1) is 19.6. The Labute approximate surface area is 175 Å². The molecule has 2 aromatic carbocycles. The van der Waals surface area contributed by atoms with E-state index in [2.05, 4.69) is 16.4 Å². The summed E-state index contributed by atoms with van der Waals surface area (Å²) in [5, 5.41) is 4.91. The van der Waals surface area contributed by atoms with Crippen molar-refractivity contribution in [2.24, 2.45) is 0 Å². The van der Waals surface area contributed by atoms with Gasteiger partial charge in [-0.25, -0.2) is 0 Å². The van der Waals surface area contributed by atoms with Crippen molar-refractivity contribution in [3.8, 4) is 0 Å². The lowest BCUT2D eigenvalue weighted by molar-refractivity contribution is 0.0904. The molecule has 150 valence electrons. The smallest absolute Gasteiger partial charge is 0.253 e. The highest BCUT2D eigenvalue weighted by molar-refractivity contribution is 7.80. The standard InChI is InChI=1S/C23H25N3O2S/c1-16-9-10-21-17(12-16)13-18(22(27)25-21)14-26(15-20-8-5-11-28-20)23(29)24-19-6-3-2-4-7-19/h2-4,6-7,9-10,12-13,20H,5,8,11,14-15H2,1H3,(H,24,29)(H,25,27)/t20-/m0/s1. The molecule has 0 radical (unpaired) electrons. The van der Waals surface area contributed by atoms with Crippen LogP contribution >= 0.6 is 12.2 Å². The van der Waals surface area contributed by atoms with Gasteiger partial charge in [-0.3, -0.25) is 4.79 Å². The summed E-state index contributed by atoms with van der Waals surface area (Å²) in [6.07, 6.45) is 2.21. The van der Waals surface area contributed by atoms with Crippen LogP contribution in [0.4, 0.5) is 5.69 Å². The van der Waals surface area contributed by atoms with E-state index in [9.17, 15) is 4.79 Å². The number of anilines is 1. The number of nitrogens with one attached hydrogen (secondary N) is 2. The van der Waals surface area contributed by atoms with E-state index in [4.69, 9.17) is 17.0 Å². The SMILES string of the molecule is Cc1ccc2[nH]c(=O)c(CN(C[C@@H]3CCCO3)C(=S)Nc3ccccc3)cc2c1. The zero-order valence-corrected chi connectivity index (χ0v) is 17.3. The maximum absolute atomic E-state index is 12.7. The highest BCUT2D eigenvalue weighted by Gasteiger charge is 2.22. The van der Waals surface area contributed by atoms with Crippen molar-refractivity contribution >= 4 is 33.9 Å². The molecule has 2 heterocycles. The summed E-state index contributed by atoms with van der Waals surface area (Å²) in [5.41, 5.74) is 3.55. The molecule has 1 aliphatic heterocycles. The third-order valence-corrected chi connectivity index (χ3v) is 5.56. The van der Waals surface area contributed by atoms with Gasteiger partial charge >= 0.3 is 0 Å². The molecule has 0 spiro atoms. The Morgan fingerprint density at radius 3 is 2.83 bits per heavy atom. The molecule has 1 aromatic heterocycles. The minimum atomic E-state index is -0.0822. The predicted octanol–water partition coefficient (Wildman–Crippen LogP) is 4.21. The number of hydrogen-bond acceptors (Lipinski definition) is 3. The number of para-hydroxylation sites is 1. The fraction of sp³-hybridized carbons (Fsp3) is 0.304. The summed E-state index contributed by atoms with van der Waals surface area (Å²) in [6.45, 7) is 3.92.